The lowest BCUT2D eigenvalue weighted by atomic mass is 10.0. The average Bonchev–Trinajstić information content (AvgIpc) is 3.10. The minimum absolute atomic E-state index is 0.122. The second-order valence-corrected chi connectivity index (χ2v) is 4.19. The average molecular weight is 255 g/mol. The van der Waals surface area contributed by atoms with E-state index >= 15 is 0 Å². The lowest BCUT2D eigenvalue weighted by molar-refractivity contribution is -0.154. The van der Waals surface area contributed by atoms with E-state index in [-0.39, 0.29) is 18.4 Å². The van der Waals surface area contributed by atoms with Crippen LogP contribution in [0.1, 0.15) is 20.3 Å². The quantitative estimate of drug-likeness (QED) is 0.303. The molecular formula is C13H21NO4. The molecule has 5 nitrogen and oxygen atoms in total. The molecule has 1 rings (SSSR count). The van der Waals surface area contributed by atoms with Gasteiger partial charge in [0.1, 0.15) is 0 Å². The van der Waals surface area contributed by atoms with Crippen molar-refractivity contribution in [1.29, 1.82) is 0 Å². The molecule has 0 aromatic heterocycles. The number of carbonyl (C=O) groups is 2. The number of allylic oxidation sites excluding steroid dienone is 1. The third kappa shape index (κ3) is 2.90. The van der Waals surface area contributed by atoms with Crippen molar-refractivity contribution in [3.63, 3.8) is 0 Å². The van der Waals surface area contributed by atoms with E-state index in [1.54, 1.807) is 13.0 Å². The largest absolute Gasteiger partial charge is 0.465 e. The highest BCUT2D eigenvalue weighted by Crippen LogP contribution is 2.54. The van der Waals surface area contributed by atoms with Gasteiger partial charge < -0.3 is 14.8 Å². The molecule has 0 radical (unpaired) electrons. The number of rotatable bonds is 8. The van der Waals surface area contributed by atoms with Gasteiger partial charge in [0.05, 0.1) is 13.2 Å². The molecule has 102 valence electrons. The van der Waals surface area contributed by atoms with Crippen LogP contribution in [0.4, 0.5) is 0 Å². The summed E-state index contributed by atoms with van der Waals surface area (Å²) in [5, 5.41) is 2.71. The summed E-state index contributed by atoms with van der Waals surface area (Å²) in [6, 6.07) is 0. The molecule has 0 heterocycles. The van der Waals surface area contributed by atoms with Gasteiger partial charge in [0, 0.05) is 19.1 Å². The number of esters is 1. The first kappa shape index (κ1) is 14.7. The fourth-order valence-electron chi connectivity index (χ4n) is 1.96. The first-order valence-electron chi connectivity index (χ1n) is 6.29. The normalized spacial score (nSPS) is 25.3. The van der Waals surface area contributed by atoms with Crippen molar-refractivity contribution in [2.75, 3.05) is 26.4 Å². The minimum atomic E-state index is -1.05. The molecule has 1 saturated carbocycles. The van der Waals surface area contributed by atoms with Crippen LogP contribution in [-0.4, -0.2) is 38.2 Å². The van der Waals surface area contributed by atoms with Crippen LogP contribution in [0.15, 0.2) is 12.7 Å². The Bertz CT molecular complexity index is 329. The van der Waals surface area contributed by atoms with Gasteiger partial charge in [-0.1, -0.05) is 6.08 Å². The summed E-state index contributed by atoms with van der Waals surface area (Å²) in [4.78, 5) is 23.9. The highest BCUT2D eigenvalue weighted by Gasteiger charge is 2.65. The Morgan fingerprint density at radius 2 is 2.17 bits per heavy atom. The zero-order valence-corrected chi connectivity index (χ0v) is 11.0. The van der Waals surface area contributed by atoms with E-state index < -0.39 is 11.4 Å². The molecule has 1 fully saturated rings. The molecular weight excluding hydrogens is 234 g/mol. The van der Waals surface area contributed by atoms with E-state index in [9.17, 15) is 9.59 Å². The van der Waals surface area contributed by atoms with Gasteiger partial charge in [0.25, 0.3) is 0 Å². The van der Waals surface area contributed by atoms with E-state index in [4.69, 9.17) is 9.47 Å². The molecule has 2 atom stereocenters. The molecule has 18 heavy (non-hydrogen) atoms. The second-order valence-electron chi connectivity index (χ2n) is 4.19. The summed E-state index contributed by atoms with van der Waals surface area (Å²) in [5.41, 5.74) is -1.05. The van der Waals surface area contributed by atoms with Crippen molar-refractivity contribution in [1.82, 2.24) is 5.32 Å². The summed E-state index contributed by atoms with van der Waals surface area (Å²) in [6.45, 7) is 8.98. The molecule has 0 bridgehead atoms. The number of carbonyl (C=O) groups excluding carboxylic acids is 2. The molecule has 0 aromatic carbocycles. The van der Waals surface area contributed by atoms with E-state index in [1.165, 1.54) is 0 Å². The predicted octanol–water partition coefficient (Wildman–Crippen LogP) is 0.894. The summed E-state index contributed by atoms with van der Waals surface area (Å²) in [5.74, 6) is -0.863. The van der Waals surface area contributed by atoms with Gasteiger partial charge in [-0.25, -0.2) is 0 Å². The molecule has 5 heteroatoms. The Hall–Kier alpha value is -1.36. The molecule has 0 aromatic rings. The first-order valence-corrected chi connectivity index (χ1v) is 6.29. The van der Waals surface area contributed by atoms with E-state index in [2.05, 4.69) is 11.9 Å². The molecule has 1 aliphatic rings. The summed E-state index contributed by atoms with van der Waals surface area (Å²) in [7, 11) is 0. The van der Waals surface area contributed by atoms with Crippen LogP contribution in [-0.2, 0) is 19.1 Å². The van der Waals surface area contributed by atoms with Gasteiger partial charge in [-0.2, -0.15) is 0 Å². The van der Waals surface area contributed by atoms with E-state index in [0.29, 0.717) is 26.2 Å². The van der Waals surface area contributed by atoms with Crippen LogP contribution < -0.4 is 5.32 Å². The maximum Gasteiger partial charge on any atom is 0.322 e. The maximum absolute atomic E-state index is 12.1. The van der Waals surface area contributed by atoms with Crippen LogP contribution in [0, 0.1) is 11.3 Å². The van der Waals surface area contributed by atoms with Crippen molar-refractivity contribution in [2.24, 2.45) is 11.3 Å². The van der Waals surface area contributed by atoms with Crippen LogP contribution >= 0.6 is 0 Å². The zero-order chi connectivity index (χ0) is 13.6. The lowest BCUT2D eigenvalue weighted by Gasteiger charge is -2.15. The fourth-order valence-corrected chi connectivity index (χ4v) is 1.96. The second kappa shape index (κ2) is 6.54. The van der Waals surface area contributed by atoms with Crippen molar-refractivity contribution in [3.8, 4) is 0 Å². The number of nitrogens with one attached hydrogen (secondary N) is 1. The predicted molar refractivity (Wildman–Crippen MR) is 66.9 cm³/mol. The molecule has 0 aliphatic heterocycles. The highest BCUT2D eigenvalue weighted by atomic mass is 16.5. The fraction of sp³-hybridized carbons (Fsp3) is 0.692. The maximum atomic E-state index is 12.1. The molecule has 1 aliphatic carbocycles. The number of ether oxygens (including phenoxy) is 2. The minimum Gasteiger partial charge on any atom is -0.465 e. The van der Waals surface area contributed by atoms with Gasteiger partial charge in [-0.3, -0.25) is 9.59 Å². The van der Waals surface area contributed by atoms with E-state index in [0.717, 1.165) is 0 Å². The third-order valence-electron chi connectivity index (χ3n) is 3.08. The Morgan fingerprint density at radius 1 is 1.44 bits per heavy atom. The lowest BCUT2D eigenvalue weighted by Crippen LogP contribution is -2.40. The third-order valence-corrected chi connectivity index (χ3v) is 3.08. The van der Waals surface area contributed by atoms with Crippen LogP contribution in [0.25, 0.3) is 0 Å². The van der Waals surface area contributed by atoms with Gasteiger partial charge in [-0.05, 0) is 20.3 Å². The standard InChI is InChI=1S/C13H21NO4/c1-4-10-9-13(10,12(16)18-6-3)11(15)14-7-8-17-5-2/h4,10H,1,5-9H2,2-3H3,(H,14,15). The van der Waals surface area contributed by atoms with E-state index in [1.807, 2.05) is 6.92 Å². The Kier molecular flexibility index (Phi) is 5.34. The van der Waals surface area contributed by atoms with Crippen molar-refractivity contribution in [2.45, 2.75) is 20.3 Å². The first-order chi connectivity index (χ1) is 8.63. The Labute approximate surface area is 108 Å². The monoisotopic (exact) mass is 255 g/mol. The summed E-state index contributed by atoms with van der Waals surface area (Å²) in [6.07, 6.45) is 2.12. The van der Waals surface area contributed by atoms with Crippen LogP contribution in [0.5, 0.6) is 0 Å². The van der Waals surface area contributed by atoms with Crippen molar-refractivity contribution < 1.29 is 19.1 Å². The van der Waals surface area contributed by atoms with Gasteiger partial charge in [-0.15, -0.1) is 6.58 Å². The zero-order valence-electron chi connectivity index (χ0n) is 11.0. The molecule has 1 amide bonds. The molecule has 0 spiro atoms. The Morgan fingerprint density at radius 3 is 2.67 bits per heavy atom. The molecule has 0 saturated heterocycles. The summed E-state index contributed by atoms with van der Waals surface area (Å²) < 4.78 is 10.1. The molecule has 2 unspecified atom stereocenters. The van der Waals surface area contributed by atoms with Gasteiger partial charge in [0.2, 0.25) is 5.91 Å². The molecule has 1 N–H and O–H groups in total. The number of hydrogen-bond acceptors (Lipinski definition) is 4. The Balaban J connectivity index is 2.55. The van der Waals surface area contributed by atoms with Crippen molar-refractivity contribution >= 4 is 11.9 Å². The smallest absolute Gasteiger partial charge is 0.322 e. The number of hydrogen-bond donors (Lipinski definition) is 1. The summed E-state index contributed by atoms with van der Waals surface area (Å²) >= 11 is 0. The van der Waals surface area contributed by atoms with Crippen LogP contribution in [0.3, 0.4) is 0 Å². The van der Waals surface area contributed by atoms with Crippen LogP contribution in [0.2, 0.25) is 0 Å². The number of amides is 1. The SMILES string of the molecule is C=CC1CC1(C(=O)NCCOCC)C(=O)OCC. The van der Waals surface area contributed by atoms with Gasteiger partial charge in [0.15, 0.2) is 5.41 Å². The topological polar surface area (TPSA) is 64.6 Å². The highest BCUT2D eigenvalue weighted by molar-refractivity contribution is 6.06. The van der Waals surface area contributed by atoms with Crippen molar-refractivity contribution in [3.05, 3.63) is 12.7 Å². The van der Waals surface area contributed by atoms with Gasteiger partial charge >= 0.3 is 5.97 Å².